The van der Waals surface area contributed by atoms with Crippen molar-refractivity contribution in [1.29, 1.82) is 0 Å². The van der Waals surface area contributed by atoms with Gasteiger partial charge in [0.25, 0.3) is 0 Å². The lowest BCUT2D eigenvalue weighted by atomic mass is 10.2. The number of furan rings is 1. The van der Waals surface area contributed by atoms with Crippen LogP contribution >= 0.6 is 0 Å². The quantitative estimate of drug-likeness (QED) is 0.779. The fourth-order valence-corrected chi connectivity index (χ4v) is 1.45. The predicted octanol–water partition coefficient (Wildman–Crippen LogP) is 1.64. The summed E-state index contributed by atoms with van der Waals surface area (Å²) in [6, 6.07) is 14.2. The zero-order valence-electron chi connectivity index (χ0n) is 8.23. The summed E-state index contributed by atoms with van der Waals surface area (Å²) >= 11 is 0. The van der Waals surface area contributed by atoms with E-state index in [1.165, 1.54) is 0 Å². The minimum Gasteiger partial charge on any atom is -0.455 e. The van der Waals surface area contributed by atoms with Gasteiger partial charge in [-0.1, -0.05) is 30.3 Å². The second kappa shape index (κ2) is 4.11. The minimum atomic E-state index is 0.896. The molecule has 1 aromatic carbocycles. The molecule has 0 aliphatic heterocycles. The molecule has 1 heterocycles. The van der Waals surface area contributed by atoms with Gasteiger partial charge in [-0.25, -0.2) is 0 Å². The van der Waals surface area contributed by atoms with E-state index >= 15 is 0 Å². The van der Waals surface area contributed by atoms with Gasteiger partial charge in [-0.3, -0.25) is 0 Å². The van der Waals surface area contributed by atoms with Crippen LogP contribution in [0.4, 0.5) is 0 Å². The Morgan fingerprint density at radius 3 is 2.57 bits per heavy atom. The largest absolute Gasteiger partial charge is 0.455 e. The van der Waals surface area contributed by atoms with Crippen LogP contribution in [0.3, 0.4) is 0 Å². The highest BCUT2D eigenvalue weighted by molar-refractivity contribution is 5.57. The van der Waals surface area contributed by atoms with Crippen molar-refractivity contribution in [2.75, 3.05) is 7.05 Å². The molecule has 0 radical (unpaired) electrons. The maximum absolute atomic E-state index is 5.68. The van der Waals surface area contributed by atoms with Crippen LogP contribution in [0.2, 0.25) is 0 Å². The van der Waals surface area contributed by atoms with E-state index in [0.717, 1.165) is 23.6 Å². The van der Waals surface area contributed by atoms with Gasteiger partial charge in [-0.05, 0) is 12.1 Å². The number of nitrogens with two attached hydrogens (primary N) is 1. The van der Waals surface area contributed by atoms with Gasteiger partial charge in [-0.15, -0.1) is 0 Å². The normalized spacial score (nSPS) is 10.4. The third-order valence-corrected chi connectivity index (χ3v) is 2.13. The van der Waals surface area contributed by atoms with E-state index in [4.69, 9.17) is 4.42 Å². The van der Waals surface area contributed by atoms with E-state index < -0.39 is 0 Å². The maximum Gasteiger partial charge on any atom is 0.158 e. The van der Waals surface area contributed by atoms with Gasteiger partial charge in [0.1, 0.15) is 12.3 Å². The molecule has 1 aromatic heterocycles. The number of hydrogen-bond donors (Lipinski definition) is 1. The van der Waals surface area contributed by atoms with Crippen molar-refractivity contribution in [2.45, 2.75) is 6.54 Å². The van der Waals surface area contributed by atoms with Gasteiger partial charge in [0.15, 0.2) is 5.76 Å². The summed E-state index contributed by atoms with van der Waals surface area (Å²) in [4.78, 5) is 0. The number of quaternary nitrogens is 1. The van der Waals surface area contributed by atoms with E-state index in [0.29, 0.717) is 0 Å². The maximum atomic E-state index is 5.68. The number of benzene rings is 1. The van der Waals surface area contributed by atoms with Crippen molar-refractivity contribution in [3.63, 3.8) is 0 Å². The molecule has 0 fully saturated rings. The van der Waals surface area contributed by atoms with E-state index in [9.17, 15) is 0 Å². The van der Waals surface area contributed by atoms with Crippen LogP contribution in [0.25, 0.3) is 11.3 Å². The Hall–Kier alpha value is -1.54. The molecule has 0 saturated heterocycles. The fraction of sp³-hybridized carbons (Fsp3) is 0.167. The zero-order valence-corrected chi connectivity index (χ0v) is 8.23. The molecule has 2 heteroatoms. The van der Waals surface area contributed by atoms with Gasteiger partial charge in [0, 0.05) is 5.56 Å². The Labute approximate surface area is 83.6 Å². The van der Waals surface area contributed by atoms with Gasteiger partial charge in [0.2, 0.25) is 0 Å². The van der Waals surface area contributed by atoms with Crippen LogP contribution in [-0.4, -0.2) is 7.05 Å². The highest BCUT2D eigenvalue weighted by Gasteiger charge is 2.03. The molecule has 2 N–H and O–H groups in total. The lowest BCUT2D eigenvalue weighted by molar-refractivity contribution is -0.645. The average Bonchev–Trinajstić information content (AvgIpc) is 2.68. The molecule has 72 valence electrons. The second-order valence-electron chi connectivity index (χ2n) is 3.24. The van der Waals surface area contributed by atoms with Crippen molar-refractivity contribution in [3.8, 4) is 11.3 Å². The van der Waals surface area contributed by atoms with Gasteiger partial charge in [0.05, 0.1) is 7.05 Å². The molecule has 0 aliphatic carbocycles. The van der Waals surface area contributed by atoms with Crippen LogP contribution in [0, 0.1) is 0 Å². The van der Waals surface area contributed by atoms with Crippen LogP contribution < -0.4 is 5.32 Å². The minimum absolute atomic E-state index is 0.896. The first-order chi connectivity index (χ1) is 6.90. The first-order valence-electron chi connectivity index (χ1n) is 4.82. The zero-order chi connectivity index (χ0) is 9.80. The second-order valence-corrected chi connectivity index (χ2v) is 3.24. The Kier molecular flexibility index (Phi) is 2.65. The SMILES string of the molecule is C[NH2+]Cc1ccc(-c2ccccc2)o1. The molecule has 0 spiro atoms. The molecule has 0 unspecified atom stereocenters. The van der Waals surface area contributed by atoms with Crippen LogP contribution in [-0.2, 0) is 6.54 Å². The molecule has 0 saturated carbocycles. The summed E-state index contributed by atoms with van der Waals surface area (Å²) in [5.74, 6) is 1.97. The third kappa shape index (κ3) is 1.86. The summed E-state index contributed by atoms with van der Waals surface area (Å²) in [7, 11) is 2.03. The molecule has 0 bridgehead atoms. The third-order valence-electron chi connectivity index (χ3n) is 2.13. The molecule has 2 nitrogen and oxygen atoms in total. The predicted molar refractivity (Wildman–Crippen MR) is 55.7 cm³/mol. The van der Waals surface area contributed by atoms with Crippen molar-refractivity contribution in [2.24, 2.45) is 0 Å². The Morgan fingerprint density at radius 2 is 1.86 bits per heavy atom. The number of hydrogen-bond acceptors (Lipinski definition) is 1. The highest BCUT2D eigenvalue weighted by Crippen LogP contribution is 2.20. The molecule has 0 aliphatic rings. The van der Waals surface area contributed by atoms with Crippen molar-refractivity contribution < 1.29 is 9.73 Å². The molecule has 0 amide bonds. The Morgan fingerprint density at radius 1 is 1.07 bits per heavy atom. The first kappa shape index (κ1) is 9.03. The van der Waals surface area contributed by atoms with Gasteiger partial charge >= 0.3 is 0 Å². The summed E-state index contributed by atoms with van der Waals surface area (Å²) in [5, 5.41) is 2.09. The summed E-state index contributed by atoms with van der Waals surface area (Å²) in [6.07, 6.45) is 0. The molecular weight excluding hydrogens is 174 g/mol. The molecular formula is C12H14NO+. The molecule has 2 aromatic rings. The Balaban J connectivity index is 2.25. The lowest BCUT2D eigenvalue weighted by Gasteiger charge is -1.95. The summed E-state index contributed by atoms with van der Waals surface area (Å²) < 4.78 is 5.68. The van der Waals surface area contributed by atoms with Gasteiger partial charge in [-0.2, -0.15) is 0 Å². The van der Waals surface area contributed by atoms with Crippen molar-refractivity contribution in [1.82, 2.24) is 0 Å². The monoisotopic (exact) mass is 188 g/mol. The fourth-order valence-electron chi connectivity index (χ4n) is 1.45. The highest BCUT2D eigenvalue weighted by atomic mass is 16.3. The first-order valence-corrected chi connectivity index (χ1v) is 4.82. The van der Waals surface area contributed by atoms with E-state index in [-0.39, 0.29) is 0 Å². The standard InChI is InChI=1S/C12H13NO/c1-13-9-11-7-8-12(14-11)10-5-3-2-4-6-10/h2-8,13H,9H2,1H3/p+1. The topological polar surface area (TPSA) is 29.8 Å². The summed E-state index contributed by atoms with van der Waals surface area (Å²) in [5.41, 5.74) is 1.13. The van der Waals surface area contributed by atoms with Crippen LogP contribution in [0.1, 0.15) is 5.76 Å². The van der Waals surface area contributed by atoms with Crippen LogP contribution in [0.15, 0.2) is 46.9 Å². The molecule has 0 atom stereocenters. The Bertz CT molecular complexity index is 392. The number of rotatable bonds is 3. The van der Waals surface area contributed by atoms with E-state index in [1.807, 2.05) is 37.4 Å². The van der Waals surface area contributed by atoms with Crippen LogP contribution in [0.5, 0.6) is 0 Å². The van der Waals surface area contributed by atoms with Crippen molar-refractivity contribution >= 4 is 0 Å². The smallest absolute Gasteiger partial charge is 0.158 e. The van der Waals surface area contributed by atoms with E-state index in [1.54, 1.807) is 0 Å². The average molecular weight is 188 g/mol. The summed E-state index contributed by atoms with van der Waals surface area (Å²) in [6.45, 7) is 0.896. The molecule has 2 rings (SSSR count). The lowest BCUT2D eigenvalue weighted by Crippen LogP contribution is -2.77. The van der Waals surface area contributed by atoms with Crippen molar-refractivity contribution in [3.05, 3.63) is 48.2 Å². The van der Waals surface area contributed by atoms with Gasteiger partial charge < -0.3 is 9.73 Å². The molecule has 14 heavy (non-hydrogen) atoms. The van der Waals surface area contributed by atoms with E-state index in [2.05, 4.69) is 17.4 Å².